The molecule has 1 N–H and O–H groups in total. The van der Waals surface area contributed by atoms with E-state index in [2.05, 4.69) is 31.4 Å². The Morgan fingerprint density at radius 2 is 2.04 bits per heavy atom. The highest BCUT2D eigenvalue weighted by Crippen LogP contribution is 2.30. The minimum Gasteiger partial charge on any atom is -0.497 e. The fourth-order valence-corrected chi connectivity index (χ4v) is 2.94. The van der Waals surface area contributed by atoms with Crippen LogP contribution in [0.2, 0.25) is 0 Å². The van der Waals surface area contributed by atoms with Crippen LogP contribution >= 0.6 is 15.9 Å². The third kappa shape index (κ3) is 4.40. The largest absolute Gasteiger partial charge is 0.497 e. The number of benzene rings is 1. The van der Waals surface area contributed by atoms with E-state index in [0.717, 1.165) is 23.4 Å². The van der Waals surface area contributed by atoms with E-state index in [1.807, 2.05) is 6.07 Å². The summed E-state index contributed by atoms with van der Waals surface area (Å²) in [4.78, 5) is 14.1. The van der Waals surface area contributed by atoms with Gasteiger partial charge in [0.2, 0.25) is 5.88 Å². The first-order valence-electron chi connectivity index (χ1n) is 7.77. The number of nitrogens with zero attached hydrogens (tertiary/aromatic N) is 2. The molecule has 0 unspecified atom stereocenters. The Bertz CT molecular complexity index is 752. The smallest absolute Gasteiger partial charge is 0.271 e. The number of methoxy groups -OCH3 is 1. The molecule has 0 atom stereocenters. The lowest BCUT2D eigenvalue weighted by Gasteiger charge is -2.26. The van der Waals surface area contributed by atoms with E-state index < -0.39 is 0 Å². The molecule has 1 saturated heterocycles. The minimum absolute atomic E-state index is 0.307. The number of morpholine rings is 1. The maximum atomic E-state index is 12.0. The summed E-state index contributed by atoms with van der Waals surface area (Å²) in [5.74, 6) is 1.67. The Hall–Kier alpha value is -2.32. The SMILES string of the molecule is COc1ccc(C(=O)N/N=C\c2cc(Br)c(N3CCOCC3)o2)cc1. The van der Waals surface area contributed by atoms with Crippen LogP contribution in [0.1, 0.15) is 16.1 Å². The molecule has 1 aromatic carbocycles. The Morgan fingerprint density at radius 1 is 1.32 bits per heavy atom. The zero-order valence-electron chi connectivity index (χ0n) is 13.7. The standard InChI is InChI=1S/C17H18BrN3O4/c1-23-13-4-2-12(3-5-13)16(22)20-19-11-14-10-15(18)17(25-14)21-6-8-24-9-7-21/h2-5,10-11H,6-9H2,1H3,(H,20,22)/b19-11-. The number of carbonyl (C=O) groups excluding carboxylic acids is 1. The number of amides is 1. The van der Waals surface area contributed by atoms with Crippen molar-refractivity contribution in [1.82, 2.24) is 5.43 Å². The van der Waals surface area contributed by atoms with E-state index in [4.69, 9.17) is 13.9 Å². The number of furan rings is 1. The summed E-state index contributed by atoms with van der Waals surface area (Å²) in [6, 6.07) is 8.59. The van der Waals surface area contributed by atoms with Crippen LogP contribution < -0.4 is 15.1 Å². The van der Waals surface area contributed by atoms with Gasteiger partial charge in [-0.1, -0.05) is 0 Å². The van der Waals surface area contributed by atoms with Crippen LogP contribution in [0.3, 0.4) is 0 Å². The molecule has 1 aromatic heterocycles. The van der Waals surface area contributed by atoms with Gasteiger partial charge < -0.3 is 18.8 Å². The zero-order chi connectivity index (χ0) is 17.6. The average Bonchev–Trinajstić information content (AvgIpc) is 3.03. The second-order valence-electron chi connectivity index (χ2n) is 5.33. The van der Waals surface area contributed by atoms with Gasteiger partial charge in [0.05, 0.1) is 31.0 Å². The van der Waals surface area contributed by atoms with Gasteiger partial charge in [-0.25, -0.2) is 5.43 Å². The molecular weight excluding hydrogens is 390 g/mol. The summed E-state index contributed by atoms with van der Waals surface area (Å²) >= 11 is 3.49. The molecule has 1 aliphatic heterocycles. The van der Waals surface area contributed by atoms with Crippen molar-refractivity contribution in [2.45, 2.75) is 0 Å². The summed E-state index contributed by atoms with van der Waals surface area (Å²) < 4.78 is 17.0. The molecule has 0 bridgehead atoms. The van der Waals surface area contributed by atoms with Crippen molar-refractivity contribution in [3.63, 3.8) is 0 Å². The van der Waals surface area contributed by atoms with Gasteiger partial charge in [-0.2, -0.15) is 5.10 Å². The molecule has 0 saturated carbocycles. The molecular formula is C17H18BrN3O4. The highest BCUT2D eigenvalue weighted by atomic mass is 79.9. The molecule has 0 aliphatic carbocycles. The van der Waals surface area contributed by atoms with Crippen LogP contribution in [0.5, 0.6) is 5.75 Å². The van der Waals surface area contributed by atoms with Crippen LogP contribution in [-0.4, -0.2) is 45.5 Å². The third-order valence-electron chi connectivity index (χ3n) is 3.70. The number of halogens is 1. The number of anilines is 1. The predicted octanol–water partition coefficient (Wildman–Crippen LogP) is 2.65. The molecule has 2 heterocycles. The van der Waals surface area contributed by atoms with Crippen molar-refractivity contribution in [2.75, 3.05) is 38.3 Å². The molecule has 0 spiro atoms. The molecule has 25 heavy (non-hydrogen) atoms. The number of nitrogens with one attached hydrogen (secondary N) is 1. The van der Waals surface area contributed by atoms with Crippen LogP contribution in [0.4, 0.5) is 5.88 Å². The topological polar surface area (TPSA) is 76.3 Å². The predicted molar refractivity (Wildman–Crippen MR) is 97.5 cm³/mol. The van der Waals surface area contributed by atoms with Crippen molar-refractivity contribution in [1.29, 1.82) is 0 Å². The van der Waals surface area contributed by atoms with E-state index in [1.165, 1.54) is 6.21 Å². The Labute approximate surface area is 153 Å². The molecule has 7 nitrogen and oxygen atoms in total. The molecule has 1 amide bonds. The highest BCUT2D eigenvalue weighted by Gasteiger charge is 2.18. The Balaban J connectivity index is 1.60. The fraction of sp³-hybridized carbons (Fsp3) is 0.294. The monoisotopic (exact) mass is 407 g/mol. The number of hydrogen-bond donors (Lipinski definition) is 1. The van der Waals surface area contributed by atoms with E-state index >= 15 is 0 Å². The molecule has 0 radical (unpaired) electrons. The fourth-order valence-electron chi connectivity index (χ4n) is 2.38. The first-order chi connectivity index (χ1) is 12.2. The van der Waals surface area contributed by atoms with Gasteiger partial charge >= 0.3 is 0 Å². The van der Waals surface area contributed by atoms with Gasteiger partial charge in [-0.05, 0) is 40.2 Å². The van der Waals surface area contributed by atoms with Crippen LogP contribution in [-0.2, 0) is 4.74 Å². The van der Waals surface area contributed by atoms with Gasteiger partial charge in [0.15, 0.2) is 5.76 Å². The van der Waals surface area contributed by atoms with Gasteiger partial charge in [0.1, 0.15) is 5.75 Å². The summed E-state index contributed by atoms with van der Waals surface area (Å²) in [5, 5.41) is 3.95. The average molecular weight is 408 g/mol. The molecule has 1 fully saturated rings. The zero-order valence-corrected chi connectivity index (χ0v) is 15.3. The van der Waals surface area contributed by atoms with E-state index in [9.17, 15) is 4.79 Å². The summed E-state index contributed by atoms with van der Waals surface area (Å²) in [5.41, 5.74) is 2.97. The van der Waals surface area contributed by atoms with Crippen molar-refractivity contribution < 1.29 is 18.7 Å². The second kappa shape index (κ2) is 8.17. The third-order valence-corrected chi connectivity index (χ3v) is 4.26. The van der Waals surface area contributed by atoms with Gasteiger partial charge in [0, 0.05) is 24.7 Å². The number of hydrazone groups is 1. The molecule has 2 aromatic rings. The second-order valence-corrected chi connectivity index (χ2v) is 6.18. The normalized spacial score (nSPS) is 14.7. The van der Waals surface area contributed by atoms with E-state index in [1.54, 1.807) is 31.4 Å². The molecule has 132 valence electrons. The summed E-state index contributed by atoms with van der Waals surface area (Å²) in [6.45, 7) is 2.90. The number of carbonyl (C=O) groups is 1. The number of hydrogen-bond acceptors (Lipinski definition) is 6. The van der Waals surface area contributed by atoms with Crippen molar-refractivity contribution in [3.8, 4) is 5.75 Å². The van der Waals surface area contributed by atoms with Crippen molar-refractivity contribution >= 4 is 33.9 Å². The first-order valence-corrected chi connectivity index (χ1v) is 8.56. The molecule has 1 aliphatic rings. The lowest BCUT2D eigenvalue weighted by Crippen LogP contribution is -2.36. The quantitative estimate of drug-likeness (QED) is 0.608. The van der Waals surface area contributed by atoms with Crippen LogP contribution in [0.15, 0.2) is 44.3 Å². The maximum Gasteiger partial charge on any atom is 0.271 e. The Kier molecular flexibility index (Phi) is 5.72. The van der Waals surface area contributed by atoms with Gasteiger partial charge in [0.25, 0.3) is 5.91 Å². The van der Waals surface area contributed by atoms with Gasteiger partial charge in [-0.15, -0.1) is 0 Å². The van der Waals surface area contributed by atoms with E-state index in [0.29, 0.717) is 30.3 Å². The van der Waals surface area contributed by atoms with Crippen molar-refractivity contribution in [3.05, 3.63) is 46.1 Å². The highest BCUT2D eigenvalue weighted by molar-refractivity contribution is 9.10. The molecule has 8 heteroatoms. The van der Waals surface area contributed by atoms with Crippen LogP contribution in [0.25, 0.3) is 0 Å². The molecule has 3 rings (SSSR count). The first kappa shape index (κ1) is 17.5. The number of rotatable bonds is 5. The lowest BCUT2D eigenvalue weighted by atomic mass is 10.2. The summed E-state index contributed by atoms with van der Waals surface area (Å²) in [6.07, 6.45) is 1.47. The number of ether oxygens (including phenoxy) is 2. The van der Waals surface area contributed by atoms with Gasteiger partial charge in [-0.3, -0.25) is 4.79 Å². The lowest BCUT2D eigenvalue weighted by molar-refractivity contribution is 0.0955. The Morgan fingerprint density at radius 3 is 2.72 bits per heavy atom. The van der Waals surface area contributed by atoms with Crippen LogP contribution in [0, 0.1) is 0 Å². The van der Waals surface area contributed by atoms with E-state index in [-0.39, 0.29) is 5.91 Å². The maximum absolute atomic E-state index is 12.0. The van der Waals surface area contributed by atoms with Crippen molar-refractivity contribution in [2.24, 2.45) is 5.10 Å². The summed E-state index contributed by atoms with van der Waals surface area (Å²) in [7, 11) is 1.58. The minimum atomic E-state index is -0.307.